The standard InChI is InChI=1S/C32H36F3N3O4/c1-21-17-38(22(2)20-39)31(41)27-16-26(36-30(40)15-23-7-5-4-6-8-23)13-14-28(27)42-29(21)19-37(3)18-24-9-11-25(12-10-24)32(33,34)35/h4-14,16,21-22,29,39H,15,17-20H2,1-3H3,(H,36,40)/t21-,22+,29-/m0/s1. The molecule has 3 aromatic rings. The van der Waals surface area contributed by atoms with Crippen molar-refractivity contribution in [2.75, 3.05) is 32.1 Å². The number of benzene rings is 3. The minimum atomic E-state index is -4.39. The summed E-state index contributed by atoms with van der Waals surface area (Å²) in [5.74, 6) is -0.307. The number of fused-ring (bicyclic) bond motifs is 1. The fourth-order valence-corrected chi connectivity index (χ4v) is 4.99. The molecule has 7 nitrogen and oxygen atoms in total. The van der Waals surface area contributed by atoms with Crippen LogP contribution in [0.2, 0.25) is 0 Å². The summed E-state index contributed by atoms with van der Waals surface area (Å²) in [6, 6.07) is 18.9. The van der Waals surface area contributed by atoms with Crippen LogP contribution in [0.5, 0.6) is 5.75 Å². The Kier molecular flexibility index (Phi) is 9.90. The summed E-state index contributed by atoms with van der Waals surface area (Å²) in [6.45, 7) is 4.67. The van der Waals surface area contributed by atoms with E-state index in [0.29, 0.717) is 31.1 Å². The Morgan fingerprint density at radius 2 is 1.79 bits per heavy atom. The lowest BCUT2D eigenvalue weighted by molar-refractivity contribution is -0.137. The number of aliphatic hydroxyl groups excluding tert-OH is 1. The van der Waals surface area contributed by atoms with Crippen molar-refractivity contribution in [1.29, 1.82) is 0 Å². The molecule has 0 bridgehead atoms. The third-order valence-corrected chi connectivity index (χ3v) is 7.38. The maximum Gasteiger partial charge on any atom is 0.416 e. The number of likely N-dealkylation sites (N-methyl/N-ethyl adjacent to an activating group) is 1. The summed E-state index contributed by atoms with van der Waals surface area (Å²) in [7, 11) is 1.86. The van der Waals surface area contributed by atoms with Crippen LogP contribution in [0.25, 0.3) is 0 Å². The number of anilines is 1. The molecule has 1 aliphatic heterocycles. The molecule has 0 aliphatic carbocycles. The summed E-state index contributed by atoms with van der Waals surface area (Å²) in [5, 5.41) is 12.8. The molecule has 4 rings (SSSR count). The number of nitrogens with one attached hydrogen (secondary N) is 1. The first kappa shape index (κ1) is 31.1. The number of halogens is 3. The Morgan fingerprint density at radius 1 is 1.10 bits per heavy atom. The van der Waals surface area contributed by atoms with E-state index in [4.69, 9.17) is 4.74 Å². The van der Waals surface area contributed by atoms with Crippen LogP contribution in [-0.4, -0.2) is 65.6 Å². The van der Waals surface area contributed by atoms with Gasteiger partial charge in [-0.2, -0.15) is 13.2 Å². The molecule has 1 heterocycles. The number of carbonyl (C=O) groups is 2. The number of amides is 2. The molecule has 2 amide bonds. The number of aliphatic hydroxyl groups is 1. The van der Waals surface area contributed by atoms with Crippen LogP contribution < -0.4 is 10.1 Å². The van der Waals surface area contributed by atoms with E-state index in [-0.39, 0.29) is 42.4 Å². The molecular formula is C32H36F3N3O4. The zero-order valence-corrected chi connectivity index (χ0v) is 23.9. The average molecular weight is 584 g/mol. The molecule has 0 saturated carbocycles. The number of alkyl halides is 3. The quantitative estimate of drug-likeness (QED) is 0.360. The number of ether oxygens (including phenoxy) is 1. The summed E-state index contributed by atoms with van der Waals surface area (Å²) in [5.41, 5.74) is 1.62. The van der Waals surface area contributed by atoms with Crippen molar-refractivity contribution in [3.05, 3.63) is 95.1 Å². The zero-order valence-electron chi connectivity index (χ0n) is 23.9. The van der Waals surface area contributed by atoms with E-state index in [9.17, 15) is 27.9 Å². The van der Waals surface area contributed by atoms with Crippen LogP contribution in [0.1, 0.15) is 40.9 Å². The van der Waals surface area contributed by atoms with Gasteiger partial charge in [0, 0.05) is 31.2 Å². The lowest BCUT2D eigenvalue weighted by Crippen LogP contribution is -2.49. The second kappa shape index (κ2) is 13.4. The minimum absolute atomic E-state index is 0.128. The molecule has 3 aromatic carbocycles. The molecule has 1 aliphatic rings. The molecule has 0 fully saturated rings. The predicted molar refractivity (Wildman–Crippen MR) is 154 cm³/mol. The Hall–Kier alpha value is -3.89. The van der Waals surface area contributed by atoms with Crippen molar-refractivity contribution in [1.82, 2.24) is 9.80 Å². The molecule has 0 spiro atoms. The van der Waals surface area contributed by atoms with Gasteiger partial charge in [0.15, 0.2) is 0 Å². The molecule has 42 heavy (non-hydrogen) atoms. The molecule has 3 atom stereocenters. The first-order valence-electron chi connectivity index (χ1n) is 13.9. The fourth-order valence-electron chi connectivity index (χ4n) is 4.99. The van der Waals surface area contributed by atoms with Crippen molar-refractivity contribution in [2.24, 2.45) is 5.92 Å². The zero-order chi connectivity index (χ0) is 30.4. The number of rotatable bonds is 9. The van der Waals surface area contributed by atoms with Crippen LogP contribution >= 0.6 is 0 Å². The van der Waals surface area contributed by atoms with Gasteiger partial charge in [0.2, 0.25) is 5.91 Å². The predicted octanol–water partition coefficient (Wildman–Crippen LogP) is 5.24. The molecule has 224 valence electrons. The lowest BCUT2D eigenvalue weighted by Gasteiger charge is -2.38. The van der Waals surface area contributed by atoms with Gasteiger partial charge in [0.1, 0.15) is 11.9 Å². The Labute approximate surface area is 243 Å². The number of hydrogen-bond acceptors (Lipinski definition) is 5. The van der Waals surface area contributed by atoms with Crippen molar-refractivity contribution in [3.63, 3.8) is 0 Å². The van der Waals surface area contributed by atoms with Crippen LogP contribution in [0.15, 0.2) is 72.8 Å². The summed E-state index contributed by atoms with van der Waals surface area (Å²) >= 11 is 0. The third kappa shape index (κ3) is 7.89. The maximum absolute atomic E-state index is 13.7. The minimum Gasteiger partial charge on any atom is -0.488 e. The van der Waals surface area contributed by atoms with E-state index in [1.807, 2.05) is 49.2 Å². The second-order valence-electron chi connectivity index (χ2n) is 10.9. The molecule has 0 radical (unpaired) electrons. The van der Waals surface area contributed by atoms with Gasteiger partial charge in [0.25, 0.3) is 5.91 Å². The number of nitrogens with zero attached hydrogens (tertiary/aromatic N) is 2. The molecular weight excluding hydrogens is 547 g/mol. The van der Waals surface area contributed by atoms with Gasteiger partial charge in [-0.05, 0) is 55.4 Å². The van der Waals surface area contributed by atoms with Crippen LogP contribution in [0.3, 0.4) is 0 Å². The summed E-state index contributed by atoms with van der Waals surface area (Å²) in [4.78, 5) is 29.9. The molecule has 0 aromatic heterocycles. The highest BCUT2D eigenvalue weighted by Crippen LogP contribution is 2.32. The molecule has 0 unspecified atom stereocenters. The number of carbonyl (C=O) groups excluding carboxylic acids is 2. The highest BCUT2D eigenvalue weighted by Gasteiger charge is 2.34. The highest BCUT2D eigenvalue weighted by molar-refractivity contribution is 6.00. The van der Waals surface area contributed by atoms with E-state index in [0.717, 1.165) is 23.3 Å². The van der Waals surface area contributed by atoms with E-state index in [1.54, 1.807) is 30.0 Å². The van der Waals surface area contributed by atoms with Crippen molar-refractivity contribution < 1.29 is 32.6 Å². The smallest absolute Gasteiger partial charge is 0.416 e. The average Bonchev–Trinajstić information content (AvgIpc) is 2.95. The van der Waals surface area contributed by atoms with Gasteiger partial charge < -0.3 is 20.1 Å². The van der Waals surface area contributed by atoms with Gasteiger partial charge in [0.05, 0.1) is 30.2 Å². The maximum atomic E-state index is 13.7. The summed E-state index contributed by atoms with van der Waals surface area (Å²) < 4.78 is 45.3. The first-order chi connectivity index (χ1) is 19.9. The fraction of sp³-hybridized carbons (Fsp3) is 0.375. The molecule has 0 saturated heterocycles. The monoisotopic (exact) mass is 583 g/mol. The summed E-state index contributed by atoms with van der Waals surface area (Å²) in [6.07, 6.45) is -4.58. The Morgan fingerprint density at radius 3 is 2.43 bits per heavy atom. The normalized spacial score (nSPS) is 18.1. The van der Waals surface area contributed by atoms with E-state index in [2.05, 4.69) is 5.32 Å². The van der Waals surface area contributed by atoms with E-state index < -0.39 is 17.8 Å². The van der Waals surface area contributed by atoms with Gasteiger partial charge >= 0.3 is 6.18 Å². The number of hydrogen-bond donors (Lipinski definition) is 2. The van der Waals surface area contributed by atoms with Crippen LogP contribution in [-0.2, 0) is 23.9 Å². The Balaban J connectivity index is 1.53. The van der Waals surface area contributed by atoms with E-state index in [1.165, 1.54) is 12.1 Å². The third-order valence-electron chi connectivity index (χ3n) is 7.38. The van der Waals surface area contributed by atoms with Gasteiger partial charge in [-0.15, -0.1) is 0 Å². The van der Waals surface area contributed by atoms with Crippen molar-refractivity contribution >= 4 is 17.5 Å². The first-order valence-corrected chi connectivity index (χ1v) is 13.9. The van der Waals surface area contributed by atoms with Gasteiger partial charge in [-0.3, -0.25) is 14.5 Å². The largest absolute Gasteiger partial charge is 0.488 e. The van der Waals surface area contributed by atoms with Crippen molar-refractivity contribution in [2.45, 2.75) is 45.1 Å². The molecule has 10 heteroatoms. The second-order valence-corrected chi connectivity index (χ2v) is 10.9. The van der Waals surface area contributed by atoms with Crippen LogP contribution in [0, 0.1) is 5.92 Å². The van der Waals surface area contributed by atoms with Gasteiger partial charge in [-0.25, -0.2) is 0 Å². The molecule has 2 N–H and O–H groups in total. The van der Waals surface area contributed by atoms with Gasteiger partial charge in [-0.1, -0.05) is 49.4 Å². The van der Waals surface area contributed by atoms with Crippen molar-refractivity contribution in [3.8, 4) is 5.75 Å². The lowest BCUT2D eigenvalue weighted by atomic mass is 9.99. The van der Waals surface area contributed by atoms with E-state index >= 15 is 0 Å². The Bertz CT molecular complexity index is 1370. The van der Waals surface area contributed by atoms with Crippen LogP contribution in [0.4, 0.5) is 18.9 Å². The topological polar surface area (TPSA) is 82.1 Å². The highest BCUT2D eigenvalue weighted by atomic mass is 19.4. The SMILES string of the molecule is C[C@H](CO)N1C[C@H](C)[C@H](CN(C)Cc2ccc(C(F)(F)F)cc2)Oc2ccc(NC(=O)Cc3ccccc3)cc2C1=O.